The lowest BCUT2D eigenvalue weighted by Crippen LogP contribution is -2.52. The number of ketones is 1. The predicted molar refractivity (Wildman–Crippen MR) is 156 cm³/mol. The SMILES string of the molecule is COc1cccc2c1c(CS(=O)(=O)c1ccc(Cl)s1)nn2Cc1cccc(CCC(=O)C2(C)CCCCN2)c1. The van der Waals surface area contributed by atoms with E-state index < -0.39 is 15.4 Å². The fourth-order valence-electron chi connectivity index (χ4n) is 5.27. The average Bonchev–Trinajstić information content (AvgIpc) is 3.52. The summed E-state index contributed by atoms with van der Waals surface area (Å²) in [7, 11) is -2.07. The van der Waals surface area contributed by atoms with Crippen LogP contribution < -0.4 is 10.1 Å². The second kappa shape index (κ2) is 11.4. The van der Waals surface area contributed by atoms with Gasteiger partial charge in [0.05, 0.1) is 40.1 Å². The number of thiophene rings is 1. The van der Waals surface area contributed by atoms with Crippen molar-refractivity contribution in [2.75, 3.05) is 13.7 Å². The highest BCUT2D eigenvalue weighted by molar-refractivity contribution is 7.92. The minimum absolute atomic E-state index is 0.213. The summed E-state index contributed by atoms with van der Waals surface area (Å²) in [6.07, 6.45) is 4.25. The molecule has 0 bridgehead atoms. The highest BCUT2D eigenvalue weighted by Crippen LogP contribution is 2.33. The van der Waals surface area contributed by atoms with Gasteiger partial charge in [0.1, 0.15) is 15.7 Å². The molecule has 4 aromatic rings. The number of rotatable bonds is 10. The van der Waals surface area contributed by atoms with Crippen LogP contribution in [0.3, 0.4) is 0 Å². The first-order valence-corrected chi connectivity index (χ1v) is 15.9. The van der Waals surface area contributed by atoms with Crippen molar-refractivity contribution in [2.45, 2.75) is 61.1 Å². The number of ether oxygens (including phenoxy) is 1. The Labute approximate surface area is 238 Å². The summed E-state index contributed by atoms with van der Waals surface area (Å²) in [4.78, 5) is 13.0. The number of methoxy groups -OCH3 is 1. The van der Waals surface area contributed by atoms with Gasteiger partial charge < -0.3 is 10.1 Å². The van der Waals surface area contributed by atoms with Crippen LogP contribution in [0.15, 0.2) is 58.8 Å². The molecule has 7 nitrogen and oxygen atoms in total. The average molecular weight is 586 g/mol. The molecule has 2 aromatic heterocycles. The number of piperidine rings is 1. The van der Waals surface area contributed by atoms with Crippen LogP contribution in [0.4, 0.5) is 0 Å². The molecule has 0 aliphatic carbocycles. The number of aryl methyl sites for hydroxylation is 1. The predicted octanol–water partition coefficient (Wildman–Crippen LogP) is 5.82. The van der Waals surface area contributed by atoms with Crippen LogP contribution in [0.1, 0.15) is 49.4 Å². The first-order valence-electron chi connectivity index (χ1n) is 13.1. The Morgan fingerprint density at radius 3 is 2.67 bits per heavy atom. The normalized spacial score (nSPS) is 17.9. The van der Waals surface area contributed by atoms with Gasteiger partial charge in [-0.3, -0.25) is 9.48 Å². The quantitative estimate of drug-likeness (QED) is 0.252. The molecule has 1 fully saturated rings. The number of halogens is 1. The molecule has 1 aliphatic rings. The number of sulfone groups is 1. The number of benzene rings is 2. The maximum atomic E-state index is 13.2. The second-order valence-electron chi connectivity index (χ2n) is 10.2. The summed E-state index contributed by atoms with van der Waals surface area (Å²) >= 11 is 7.04. The Bertz CT molecular complexity index is 1600. The van der Waals surface area contributed by atoms with Gasteiger partial charge in [-0.2, -0.15) is 5.10 Å². The van der Waals surface area contributed by atoms with Crippen LogP contribution in [-0.2, 0) is 33.4 Å². The van der Waals surface area contributed by atoms with Gasteiger partial charge in [0.15, 0.2) is 15.6 Å². The molecule has 0 amide bonds. The summed E-state index contributed by atoms with van der Waals surface area (Å²) in [6.45, 7) is 3.37. The van der Waals surface area contributed by atoms with Crippen molar-refractivity contribution in [3.8, 4) is 5.75 Å². The minimum Gasteiger partial charge on any atom is -0.496 e. The highest BCUT2D eigenvalue weighted by atomic mass is 35.5. The van der Waals surface area contributed by atoms with Gasteiger partial charge in [-0.15, -0.1) is 11.3 Å². The molecule has 1 unspecified atom stereocenters. The van der Waals surface area contributed by atoms with Crippen LogP contribution in [0.5, 0.6) is 5.75 Å². The zero-order valence-corrected chi connectivity index (χ0v) is 24.5. The molecule has 1 atom stereocenters. The van der Waals surface area contributed by atoms with Crippen LogP contribution >= 0.6 is 22.9 Å². The number of nitrogens with zero attached hydrogens (tertiary/aromatic N) is 2. The lowest BCUT2D eigenvalue weighted by atomic mass is 9.84. The van der Waals surface area contributed by atoms with Crippen molar-refractivity contribution in [3.63, 3.8) is 0 Å². The molecule has 2 aromatic carbocycles. The molecular formula is C29H32ClN3O4S2. The Hall–Kier alpha value is -2.72. The summed E-state index contributed by atoms with van der Waals surface area (Å²) < 4.78 is 34.4. The molecule has 0 saturated carbocycles. The summed E-state index contributed by atoms with van der Waals surface area (Å²) in [5.74, 6) is 0.573. The first kappa shape index (κ1) is 27.8. The molecule has 10 heteroatoms. The molecule has 0 radical (unpaired) electrons. The van der Waals surface area contributed by atoms with Crippen molar-refractivity contribution in [1.82, 2.24) is 15.1 Å². The number of Topliss-reactive ketones (excluding diaryl/α,β-unsaturated/α-hetero) is 1. The fraction of sp³-hybridized carbons (Fsp3) is 0.379. The zero-order chi connectivity index (χ0) is 27.6. The van der Waals surface area contributed by atoms with Crippen molar-refractivity contribution < 1.29 is 17.9 Å². The topological polar surface area (TPSA) is 90.3 Å². The molecule has 1 aliphatic heterocycles. The Kier molecular flexibility index (Phi) is 8.14. The Balaban J connectivity index is 1.39. The fourth-order valence-corrected chi connectivity index (χ4v) is 8.11. The van der Waals surface area contributed by atoms with Crippen molar-refractivity contribution in [2.24, 2.45) is 0 Å². The molecule has 206 valence electrons. The molecule has 0 spiro atoms. The highest BCUT2D eigenvalue weighted by Gasteiger charge is 2.33. The third-order valence-corrected chi connectivity index (χ3v) is 10.9. The van der Waals surface area contributed by atoms with Crippen LogP contribution in [0.25, 0.3) is 10.9 Å². The van der Waals surface area contributed by atoms with E-state index in [1.54, 1.807) is 13.2 Å². The summed E-state index contributed by atoms with van der Waals surface area (Å²) in [6, 6.07) is 16.9. The lowest BCUT2D eigenvalue weighted by Gasteiger charge is -2.33. The van der Waals surface area contributed by atoms with E-state index in [4.69, 9.17) is 21.4 Å². The number of carbonyl (C=O) groups excluding carboxylic acids is 1. The number of fused-ring (bicyclic) bond motifs is 1. The third-order valence-electron chi connectivity index (χ3n) is 7.41. The molecule has 5 rings (SSSR count). The molecule has 39 heavy (non-hydrogen) atoms. The number of aromatic nitrogens is 2. The van der Waals surface area contributed by atoms with Gasteiger partial charge >= 0.3 is 0 Å². The van der Waals surface area contributed by atoms with E-state index >= 15 is 0 Å². The summed E-state index contributed by atoms with van der Waals surface area (Å²) in [5, 5.41) is 8.85. The zero-order valence-electron chi connectivity index (χ0n) is 22.1. The standard InChI is InChI=1S/C29H32ClN3O4S2/c1-29(15-3-4-16-31-29)25(34)12-11-20-7-5-8-21(17-20)18-33-23-9-6-10-24(37-2)28(23)22(32-33)19-39(35,36)27-14-13-26(30)38-27/h5-10,13-14,17,31H,3-4,11-12,15-16,18-19H2,1-2H3. The first-order chi connectivity index (χ1) is 18.7. The molecule has 1 N–H and O–H groups in total. The van der Waals surface area contributed by atoms with E-state index in [1.807, 2.05) is 48.0 Å². The van der Waals surface area contributed by atoms with Gasteiger partial charge in [-0.1, -0.05) is 41.9 Å². The van der Waals surface area contributed by atoms with Gasteiger partial charge in [0.25, 0.3) is 0 Å². The third kappa shape index (κ3) is 6.06. The van der Waals surface area contributed by atoms with Gasteiger partial charge in [0, 0.05) is 6.42 Å². The Morgan fingerprint density at radius 2 is 1.95 bits per heavy atom. The number of carbonyl (C=O) groups is 1. The maximum Gasteiger partial charge on any atom is 0.193 e. The van der Waals surface area contributed by atoms with Crippen molar-refractivity contribution in [3.05, 3.63) is 75.8 Å². The van der Waals surface area contributed by atoms with E-state index in [-0.39, 0.29) is 15.7 Å². The van der Waals surface area contributed by atoms with Crippen molar-refractivity contribution in [1.29, 1.82) is 0 Å². The molecular weight excluding hydrogens is 554 g/mol. The lowest BCUT2D eigenvalue weighted by molar-refractivity contribution is -0.125. The molecule has 1 saturated heterocycles. The maximum absolute atomic E-state index is 13.2. The van der Waals surface area contributed by atoms with E-state index in [0.29, 0.717) is 40.6 Å². The van der Waals surface area contributed by atoms with E-state index in [0.717, 1.165) is 53.8 Å². The van der Waals surface area contributed by atoms with Crippen LogP contribution in [0, 0.1) is 0 Å². The largest absolute Gasteiger partial charge is 0.496 e. The Morgan fingerprint density at radius 1 is 1.15 bits per heavy atom. The number of nitrogens with one attached hydrogen (secondary N) is 1. The monoisotopic (exact) mass is 585 g/mol. The van der Waals surface area contributed by atoms with Crippen LogP contribution in [0.2, 0.25) is 4.34 Å². The van der Waals surface area contributed by atoms with Crippen LogP contribution in [-0.4, -0.2) is 43.2 Å². The minimum atomic E-state index is -3.64. The molecule has 3 heterocycles. The summed E-state index contributed by atoms with van der Waals surface area (Å²) in [5.41, 5.74) is 2.91. The number of hydrogen-bond acceptors (Lipinski definition) is 7. The van der Waals surface area contributed by atoms with Crippen molar-refractivity contribution >= 4 is 49.5 Å². The van der Waals surface area contributed by atoms with Gasteiger partial charge in [-0.05, 0) is 74.5 Å². The second-order valence-corrected chi connectivity index (χ2v) is 14.2. The van der Waals surface area contributed by atoms with Gasteiger partial charge in [-0.25, -0.2) is 8.42 Å². The smallest absolute Gasteiger partial charge is 0.193 e. The van der Waals surface area contributed by atoms with Gasteiger partial charge in [0.2, 0.25) is 0 Å². The van der Waals surface area contributed by atoms with E-state index in [2.05, 4.69) is 11.4 Å². The number of hydrogen-bond donors (Lipinski definition) is 1. The van der Waals surface area contributed by atoms with E-state index in [9.17, 15) is 13.2 Å². The van der Waals surface area contributed by atoms with E-state index in [1.165, 1.54) is 6.07 Å².